The fourth-order valence-corrected chi connectivity index (χ4v) is 3.19. The number of ether oxygens (including phenoxy) is 2. The van der Waals surface area contributed by atoms with E-state index >= 15 is 0 Å². The Balaban J connectivity index is 0.000000224. The average Bonchev–Trinajstić information content (AvgIpc) is 2.56. The lowest BCUT2D eigenvalue weighted by atomic mass is 10.1. The van der Waals surface area contributed by atoms with Crippen molar-refractivity contribution in [1.82, 2.24) is 0 Å². The molecule has 0 aliphatic heterocycles. The minimum atomic E-state index is 0.831. The first-order valence-electron chi connectivity index (χ1n) is 6.95. The minimum absolute atomic E-state index is 0.831. The summed E-state index contributed by atoms with van der Waals surface area (Å²) < 4.78 is 10.4. The van der Waals surface area contributed by atoms with Crippen LogP contribution in [0.1, 0.15) is 22.3 Å². The van der Waals surface area contributed by atoms with E-state index in [2.05, 4.69) is 57.8 Å². The van der Waals surface area contributed by atoms with Crippen LogP contribution in [0.2, 0.25) is 0 Å². The molecule has 22 heavy (non-hydrogen) atoms. The molecule has 2 nitrogen and oxygen atoms in total. The van der Waals surface area contributed by atoms with Gasteiger partial charge in [-0.05, 0) is 42.7 Å². The summed E-state index contributed by atoms with van der Waals surface area (Å²) in [6.45, 7) is 4.14. The normalized spacial score (nSPS) is 9.73. The van der Waals surface area contributed by atoms with Gasteiger partial charge < -0.3 is 9.47 Å². The Labute approximate surface area is 150 Å². The zero-order valence-corrected chi connectivity index (χ0v) is 16.6. The van der Waals surface area contributed by atoms with Gasteiger partial charge in [-0.15, -0.1) is 0 Å². The van der Waals surface area contributed by atoms with E-state index in [1.807, 2.05) is 24.3 Å². The van der Waals surface area contributed by atoms with Gasteiger partial charge in [0, 0.05) is 16.2 Å². The number of alkyl halides is 2. The fourth-order valence-electron chi connectivity index (χ4n) is 2.02. The van der Waals surface area contributed by atoms with Crippen molar-refractivity contribution in [3.63, 3.8) is 0 Å². The molecule has 0 radical (unpaired) electrons. The van der Waals surface area contributed by atoms with Crippen molar-refractivity contribution in [1.29, 1.82) is 0 Å². The molecule has 120 valence electrons. The molecule has 0 fully saturated rings. The number of rotatable bonds is 4. The molecule has 0 saturated heterocycles. The molecule has 2 aromatic carbocycles. The maximum Gasteiger partial charge on any atom is 0.123 e. The van der Waals surface area contributed by atoms with Gasteiger partial charge in [-0.3, -0.25) is 0 Å². The molecular weight excluding hydrogens is 408 g/mol. The Hall–Kier alpha value is -1.000. The number of hydrogen-bond acceptors (Lipinski definition) is 2. The largest absolute Gasteiger partial charge is 0.496 e. The Kier molecular flexibility index (Phi) is 8.57. The lowest BCUT2D eigenvalue weighted by Crippen LogP contribution is -1.93. The van der Waals surface area contributed by atoms with Crippen LogP contribution in [0.4, 0.5) is 0 Å². The van der Waals surface area contributed by atoms with Crippen LogP contribution in [0.15, 0.2) is 36.4 Å². The van der Waals surface area contributed by atoms with E-state index in [1.54, 1.807) is 14.2 Å². The molecule has 2 rings (SSSR count). The summed E-state index contributed by atoms with van der Waals surface area (Å²) >= 11 is 6.88. The van der Waals surface area contributed by atoms with Crippen LogP contribution in [0.5, 0.6) is 11.5 Å². The maximum atomic E-state index is 5.23. The molecule has 0 bridgehead atoms. The molecule has 0 amide bonds. The second-order valence-corrected chi connectivity index (χ2v) is 5.89. The third-order valence-electron chi connectivity index (χ3n) is 3.50. The van der Waals surface area contributed by atoms with Crippen molar-refractivity contribution in [2.75, 3.05) is 14.2 Å². The lowest BCUT2D eigenvalue weighted by molar-refractivity contribution is 0.411. The molecule has 0 N–H and O–H groups in total. The molecule has 0 unspecified atom stereocenters. The van der Waals surface area contributed by atoms with E-state index in [0.29, 0.717) is 0 Å². The van der Waals surface area contributed by atoms with Crippen LogP contribution in [-0.4, -0.2) is 14.2 Å². The van der Waals surface area contributed by atoms with Gasteiger partial charge in [0.1, 0.15) is 11.5 Å². The zero-order valence-electron chi connectivity index (χ0n) is 13.5. The van der Waals surface area contributed by atoms with Crippen LogP contribution in [0.25, 0.3) is 0 Å². The maximum absolute atomic E-state index is 5.23. The smallest absolute Gasteiger partial charge is 0.123 e. The summed E-state index contributed by atoms with van der Waals surface area (Å²) in [7, 11) is 3.39. The van der Waals surface area contributed by atoms with Crippen LogP contribution in [0.3, 0.4) is 0 Å². The fraction of sp³-hybridized carbons (Fsp3) is 0.333. The van der Waals surface area contributed by atoms with E-state index < -0.39 is 0 Å². The Morgan fingerprint density at radius 3 is 1.91 bits per heavy atom. The molecule has 0 atom stereocenters. The van der Waals surface area contributed by atoms with Crippen molar-refractivity contribution in [3.8, 4) is 11.5 Å². The highest BCUT2D eigenvalue weighted by Crippen LogP contribution is 2.26. The molecule has 0 saturated carbocycles. The second kappa shape index (κ2) is 9.90. The van der Waals surface area contributed by atoms with E-state index in [0.717, 1.165) is 22.2 Å². The molecule has 0 aromatic heterocycles. The highest BCUT2D eigenvalue weighted by molar-refractivity contribution is 9.09. The van der Waals surface area contributed by atoms with Crippen molar-refractivity contribution >= 4 is 31.9 Å². The van der Waals surface area contributed by atoms with Crippen LogP contribution in [0, 0.1) is 13.8 Å². The average molecular weight is 430 g/mol. The highest BCUT2D eigenvalue weighted by Gasteiger charge is 2.05. The predicted octanol–water partition coefficient (Wildman–Crippen LogP) is 5.80. The molecule has 2 aromatic rings. The SMILES string of the molecule is COc1cccc(C)c1C.COc1cccc(CBr)c1CBr. The van der Waals surface area contributed by atoms with Gasteiger partial charge in [0.25, 0.3) is 0 Å². The summed E-state index contributed by atoms with van der Waals surface area (Å²) in [5, 5.41) is 1.70. The topological polar surface area (TPSA) is 18.5 Å². The van der Waals surface area contributed by atoms with Crippen LogP contribution < -0.4 is 9.47 Å². The standard InChI is InChI=1S/C9H10Br2O.C9H12O/c1-12-9-4-2-3-7(5-10)8(9)6-11;1-7-5-4-6-9(10-3)8(7)2/h2-4H,5-6H2,1H3;4-6H,1-3H3. The summed E-state index contributed by atoms with van der Waals surface area (Å²) in [6.07, 6.45) is 0. The van der Waals surface area contributed by atoms with Crippen molar-refractivity contribution in [3.05, 3.63) is 58.7 Å². The molecule has 0 aliphatic carbocycles. The number of halogens is 2. The summed E-state index contributed by atoms with van der Waals surface area (Å²) in [5.74, 6) is 1.92. The number of methoxy groups -OCH3 is 2. The van der Waals surface area contributed by atoms with Gasteiger partial charge in [-0.25, -0.2) is 0 Å². The summed E-state index contributed by atoms with van der Waals surface area (Å²) in [5.41, 5.74) is 4.99. The predicted molar refractivity (Wildman–Crippen MR) is 101 cm³/mol. The van der Waals surface area contributed by atoms with E-state index in [9.17, 15) is 0 Å². The monoisotopic (exact) mass is 428 g/mol. The summed E-state index contributed by atoms with van der Waals surface area (Å²) in [6, 6.07) is 12.1. The minimum Gasteiger partial charge on any atom is -0.496 e. The molecule has 0 heterocycles. The summed E-state index contributed by atoms with van der Waals surface area (Å²) in [4.78, 5) is 0. The van der Waals surface area contributed by atoms with Gasteiger partial charge in [-0.2, -0.15) is 0 Å². The van der Waals surface area contributed by atoms with Gasteiger partial charge in [0.05, 0.1) is 14.2 Å². The van der Waals surface area contributed by atoms with Crippen molar-refractivity contribution < 1.29 is 9.47 Å². The molecule has 0 spiro atoms. The van der Waals surface area contributed by atoms with Gasteiger partial charge in [0.2, 0.25) is 0 Å². The van der Waals surface area contributed by atoms with Crippen molar-refractivity contribution in [2.24, 2.45) is 0 Å². The number of aryl methyl sites for hydroxylation is 1. The van der Waals surface area contributed by atoms with Gasteiger partial charge >= 0.3 is 0 Å². The van der Waals surface area contributed by atoms with Crippen molar-refractivity contribution in [2.45, 2.75) is 24.5 Å². The van der Waals surface area contributed by atoms with Crippen LogP contribution in [-0.2, 0) is 10.7 Å². The Morgan fingerprint density at radius 2 is 1.41 bits per heavy atom. The highest BCUT2D eigenvalue weighted by atomic mass is 79.9. The zero-order chi connectivity index (χ0) is 16.5. The lowest BCUT2D eigenvalue weighted by Gasteiger charge is -2.09. The first kappa shape index (κ1) is 19.0. The first-order valence-corrected chi connectivity index (χ1v) is 9.20. The molecular formula is C18H22Br2O2. The number of benzene rings is 2. The molecule has 4 heteroatoms. The third-order valence-corrected chi connectivity index (χ3v) is 4.67. The Morgan fingerprint density at radius 1 is 0.818 bits per heavy atom. The van der Waals surface area contributed by atoms with E-state index in [1.165, 1.54) is 22.3 Å². The first-order chi connectivity index (χ1) is 10.6. The second-order valence-electron chi connectivity index (χ2n) is 4.77. The van der Waals surface area contributed by atoms with Gasteiger partial charge in [-0.1, -0.05) is 56.1 Å². The number of hydrogen-bond donors (Lipinski definition) is 0. The van der Waals surface area contributed by atoms with Gasteiger partial charge in [0.15, 0.2) is 0 Å². The van der Waals surface area contributed by atoms with Crippen LogP contribution >= 0.6 is 31.9 Å². The Bertz CT molecular complexity index is 575. The van der Waals surface area contributed by atoms with E-state index in [-0.39, 0.29) is 0 Å². The van der Waals surface area contributed by atoms with E-state index in [4.69, 9.17) is 9.47 Å². The molecule has 0 aliphatic rings. The third kappa shape index (κ3) is 5.03. The quantitative estimate of drug-likeness (QED) is 0.572.